The summed E-state index contributed by atoms with van der Waals surface area (Å²) in [5, 5.41) is 7.36. The van der Waals surface area contributed by atoms with Gasteiger partial charge in [-0.05, 0) is 25.2 Å². The van der Waals surface area contributed by atoms with Crippen LogP contribution in [0.2, 0.25) is 0 Å². The van der Waals surface area contributed by atoms with Crippen molar-refractivity contribution in [2.45, 2.75) is 17.6 Å². The molecular formula is C11H16N8S. The molecule has 0 spiro atoms. The molecule has 0 radical (unpaired) electrons. The molecule has 1 aliphatic carbocycles. The van der Waals surface area contributed by atoms with Gasteiger partial charge in [0.05, 0.1) is 0 Å². The first-order valence-corrected chi connectivity index (χ1v) is 7.49. The fourth-order valence-corrected chi connectivity index (χ4v) is 2.56. The summed E-state index contributed by atoms with van der Waals surface area (Å²) < 4.78 is 1.89. The van der Waals surface area contributed by atoms with Gasteiger partial charge in [0.15, 0.2) is 0 Å². The number of thioether (sulfide) groups is 1. The van der Waals surface area contributed by atoms with Gasteiger partial charge in [-0.25, -0.2) is 10.5 Å². The van der Waals surface area contributed by atoms with Crippen molar-refractivity contribution in [3.8, 4) is 5.95 Å². The van der Waals surface area contributed by atoms with Gasteiger partial charge in [0, 0.05) is 23.7 Å². The Morgan fingerprint density at radius 2 is 2.15 bits per heavy atom. The van der Waals surface area contributed by atoms with E-state index in [9.17, 15) is 0 Å². The maximum absolute atomic E-state index is 5.40. The fraction of sp³-hybridized carbons (Fsp3) is 0.455. The molecule has 1 aliphatic rings. The van der Waals surface area contributed by atoms with Gasteiger partial charge in [0.2, 0.25) is 11.9 Å². The van der Waals surface area contributed by atoms with Gasteiger partial charge in [0.1, 0.15) is 0 Å². The molecule has 2 aromatic rings. The van der Waals surface area contributed by atoms with Gasteiger partial charge < -0.3 is 5.32 Å². The Morgan fingerprint density at radius 3 is 2.75 bits per heavy atom. The monoisotopic (exact) mass is 292 g/mol. The summed E-state index contributed by atoms with van der Waals surface area (Å²) in [6.07, 6.45) is 8.01. The maximum Gasteiger partial charge on any atom is 0.257 e. The van der Waals surface area contributed by atoms with Crippen molar-refractivity contribution in [2.24, 2.45) is 5.84 Å². The number of hydrogen-bond acceptors (Lipinski definition) is 8. The molecule has 0 aliphatic heterocycles. The topological polar surface area (TPSA) is 107 Å². The van der Waals surface area contributed by atoms with Crippen LogP contribution in [-0.4, -0.2) is 42.3 Å². The quantitative estimate of drug-likeness (QED) is 0.526. The highest BCUT2D eigenvalue weighted by Gasteiger charge is 2.41. The molecule has 0 bridgehead atoms. The maximum atomic E-state index is 5.40. The Labute approximate surface area is 120 Å². The molecule has 0 atom stereocenters. The summed E-state index contributed by atoms with van der Waals surface area (Å²) in [6.45, 7) is 0.834. The van der Waals surface area contributed by atoms with Crippen LogP contribution in [0.4, 0.5) is 11.9 Å². The average Bonchev–Trinajstić information content (AvgIpc) is 3.06. The van der Waals surface area contributed by atoms with Gasteiger partial charge in [-0.1, -0.05) is 0 Å². The summed E-state index contributed by atoms with van der Waals surface area (Å²) in [6, 6.07) is 1.80. The zero-order valence-corrected chi connectivity index (χ0v) is 11.9. The SMILES string of the molecule is CSC1(CNc2nc(NN)nc(-n3cccn3)n2)CC1. The molecule has 4 N–H and O–H groups in total. The van der Waals surface area contributed by atoms with Gasteiger partial charge >= 0.3 is 0 Å². The molecule has 1 fully saturated rings. The van der Waals surface area contributed by atoms with Gasteiger partial charge in [-0.3, -0.25) is 5.43 Å². The fourth-order valence-electron chi connectivity index (χ4n) is 1.83. The Kier molecular flexibility index (Phi) is 3.45. The van der Waals surface area contributed by atoms with Crippen molar-refractivity contribution in [1.82, 2.24) is 24.7 Å². The Morgan fingerprint density at radius 1 is 1.35 bits per heavy atom. The molecule has 0 aromatic carbocycles. The van der Waals surface area contributed by atoms with Crippen LogP contribution in [0, 0.1) is 0 Å². The van der Waals surface area contributed by atoms with Gasteiger partial charge in [-0.15, -0.1) is 0 Å². The summed E-state index contributed by atoms with van der Waals surface area (Å²) in [4.78, 5) is 12.7. The van der Waals surface area contributed by atoms with Crippen LogP contribution in [0.5, 0.6) is 0 Å². The Hall–Kier alpha value is -1.87. The van der Waals surface area contributed by atoms with E-state index in [1.54, 1.807) is 23.1 Å². The highest BCUT2D eigenvalue weighted by atomic mass is 32.2. The van der Waals surface area contributed by atoms with Gasteiger partial charge in [0.25, 0.3) is 5.95 Å². The number of anilines is 2. The van der Waals surface area contributed by atoms with Crippen LogP contribution in [-0.2, 0) is 0 Å². The zero-order valence-electron chi connectivity index (χ0n) is 11.1. The van der Waals surface area contributed by atoms with Crippen LogP contribution < -0.4 is 16.6 Å². The van der Waals surface area contributed by atoms with E-state index in [1.165, 1.54) is 12.8 Å². The Balaban J connectivity index is 1.81. The first kappa shape index (κ1) is 13.1. The van der Waals surface area contributed by atoms with Crippen molar-refractivity contribution in [3.63, 3.8) is 0 Å². The molecule has 20 heavy (non-hydrogen) atoms. The van der Waals surface area contributed by atoms with E-state index < -0.39 is 0 Å². The van der Waals surface area contributed by atoms with E-state index >= 15 is 0 Å². The summed E-state index contributed by atoms with van der Waals surface area (Å²) >= 11 is 1.88. The number of hydrazine groups is 1. The molecular weight excluding hydrogens is 276 g/mol. The minimum atomic E-state index is 0.307. The molecule has 8 nitrogen and oxygen atoms in total. The second-order valence-corrected chi connectivity index (χ2v) is 5.89. The van der Waals surface area contributed by atoms with Gasteiger partial charge in [-0.2, -0.15) is 31.8 Å². The number of nitrogens with one attached hydrogen (secondary N) is 2. The largest absolute Gasteiger partial charge is 0.353 e. The third-order valence-corrected chi connectivity index (χ3v) is 4.69. The minimum absolute atomic E-state index is 0.307. The van der Waals surface area contributed by atoms with E-state index in [0.29, 0.717) is 22.6 Å². The number of aromatic nitrogens is 5. The van der Waals surface area contributed by atoms with Crippen LogP contribution >= 0.6 is 11.8 Å². The summed E-state index contributed by atoms with van der Waals surface area (Å²) in [7, 11) is 0. The number of rotatable bonds is 6. The van der Waals surface area contributed by atoms with Crippen molar-refractivity contribution in [3.05, 3.63) is 18.5 Å². The van der Waals surface area contributed by atoms with E-state index in [4.69, 9.17) is 5.84 Å². The molecule has 0 amide bonds. The average molecular weight is 292 g/mol. The normalized spacial score (nSPS) is 15.9. The van der Waals surface area contributed by atoms with Crippen molar-refractivity contribution >= 4 is 23.7 Å². The van der Waals surface area contributed by atoms with E-state index in [2.05, 4.69) is 37.0 Å². The number of hydrogen-bond donors (Lipinski definition) is 3. The molecule has 2 aromatic heterocycles. The van der Waals surface area contributed by atoms with Crippen molar-refractivity contribution < 1.29 is 0 Å². The highest BCUT2D eigenvalue weighted by Crippen LogP contribution is 2.46. The van der Waals surface area contributed by atoms with E-state index in [-0.39, 0.29) is 0 Å². The first-order chi connectivity index (χ1) is 9.74. The number of nitrogens with two attached hydrogens (primary N) is 1. The molecule has 0 saturated heterocycles. The first-order valence-electron chi connectivity index (χ1n) is 6.26. The van der Waals surface area contributed by atoms with Crippen LogP contribution in [0.25, 0.3) is 5.95 Å². The lowest BCUT2D eigenvalue weighted by molar-refractivity contribution is 0.793. The summed E-state index contributed by atoms with van der Waals surface area (Å²) in [5.41, 5.74) is 2.45. The highest BCUT2D eigenvalue weighted by molar-refractivity contribution is 8.00. The van der Waals surface area contributed by atoms with Crippen LogP contribution in [0.15, 0.2) is 18.5 Å². The van der Waals surface area contributed by atoms with E-state index in [1.807, 2.05) is 11.8 Å². The molecule has 2 heterocycles. The third kappa shape index (κ3) is 2.68. The molecule has 0 unspecified atom stereocenters. The van der Waals surface area contributed by atoms with E-state index in [0.717, 1.165) is 6.54 Å². The smallest absolute Gasteiger partial charge is 0.257 e. The van der Waals surface area contributed by atoms with Crippen molar-refractivity contribution in [2.75, 3.05) is 23.5 Å². The molecule has 1 saturated carbocycles. The van der Waals surface area contributed by atoms with Crippen molar-refractivity contribution in [1.29, 1.82) is 0 Å². The Bertz CT molecular complexity index is 580. The lowest BCUT2D eigenvalue weighted by atomic mass is 10.4. The predicted octanol–water partition coefficient (Wildman–Crippen LogP) is 0.650. The zero-order chi connectivity index (χ0) is 14.0. The standard InChI is InChI=1S/C11H16N8S/c1-20-11(3-4-11)7-13-8-15-9(18-12)17-10(16-8)19-6-2-5-14-19/h2,5-6H,3-4,7,12H2,1H3,(H2,13,15,16,17,18). The molecule has 9 heteroatoms. The molecule has 3 rings (SSSR count). The van der Waals surface area contributed by atoms with Crippen LogP contribution in [0.1, 0.15) is 12.8 Å². The lowest BCUT2D eigenvalue weighted by Gasteiger charge is -2.13. The van der Waals surface area contributed by atoms with Crippen LogP contribution in [0.3, 0.4) is 0 Å². The second kappa shape index (κ2) is 5.25. The second-order valence-electron chi connectivity index (χ2n) is 4.62. The number of nitrogen functional groups attached to an aromatic ring is 1. The summed E-state index contributed by atoms with van der Waals surface area (Å²) in [5.74, 6) is 6.63. The number of nitrogens with zero attached hydrogens (tertiary/aromatic N) is 5. The minimum Gasteiger partial charge on any atom is -0.353 e. The predicted molar refractivity (Wildman–Crippen MR) is 78.7 cm³/mol. The lowest BCUT2D eigenvalue weighted by Crippen LogP contribution is -2.21. The molecule has 106 valence electrons. The third-order valence-electron chi connectivity index (χ3n) is 3.27.